The minimum Gasteiger partial charge on any atom is -0.449 e. The number of nitrogens with zero attached hydrogens (tertiary/aromatic N) is 1. The van der Waals surface area contributed by atoms with Crippen LogP contribution in [0.1, 0.15) is 43.0 Å². The molecule has 1 aliphatic rings. The average Bonchev–Trinajstić information content (AvgIpc) is 3.21. The molecule has 0 spiro atoms. The second-order valence-electron chi connectivity index (χ2n) is 6.89. The summed E-state index contributed by atoms with van der Waals surface area (Å²) >= 11 is 1.24. The highest BCUT2D eigenvalue weighted by Crippen LogP contribution is 2.35. The van der Waals surface area contributed by atoms with E-state index in [2.05, 4.69) is 5.32 Å². The van der Waals surface area contributed by atoms with Gasteiger partial charge in [0.15, 0.2) is 6.10 Å². The number of carbonyl (C=O) groups is 2. The first-order chi connectivity index (χ1) is 13.9. The van der Waals surface area contributed by atoms with Crippen molar-refractivity contribution in [3.05, 3.63) is 64.2 Å². The van der Waals surface area contributed by atoms with Crippen LogP contribution < -0.4 is 5.32 Å². The van der Waals surface area contributed by atoms with Gasteiger partial charge in [-0.05, 0) is 44.0 Å². The third-order valence-corrected chi connectivity index (χ3v) is 5.79. The van der Waals surface area contributed by atoms with E-state index in [4.69, 9.17) is 4.74 Å². The largest absolute Gasteiger partial charge is 0.449 e. The Kier molecular flexibility index (Phi) is 6.87. The average molecular weight is 414 g/mol. The van der Waals surface area contributed by atoms with Gasteiger partial charge in [-0.15, -0.1) is 0 Å². The molecule has 0 unspecified atom stereocenters. The molecule has 0 bridgehead atoms. The number of rotatable bonds is 7. The molecule has 29 heavy (non-hydrogen) atoms. The first-order valence-corrected chi connectivity index (χ1v) is 10.3. The van der Waals surface area contributed by atoms with Gasteiger partial charge in [-0.25, -0.2) is 4.79 Å². The second kappa shape index (κ2) is 9.56. The molecule has 8 heteroatoms. The van der Waals surface area contributed by atoms with E-state index in [1.165, 1.54) is 36.9 Å². The van der Waals surface area contributed by atoms with E-state index in [1.54, 1.807) is 0 Å². The number of nitro benzene ring substituents is 1. The molecule has 152 valence electrons. The van der Waals surface area contributed by atoms with Crippen molar-refractivity contribution >= 4 is 29.3 Å². The molecule has 1 saturated carbocycles. The fourth-order valence-corrected chi connectivity index (χ4v) is 4.08. The zero-order chi connectivity index (χ0) is 20.8. The summed E-state index contributed by atoms with van der Waals surface area (Å²) in [7, 11) is 0. The summed E-state index contributed by atoms with van der Waals surface area (Å²) in [4.78, 5) is 36.8. The number of benzene rings is 2. The van der Waals surface area contributed by atoms with Crippen LogP contribution in [-0.2, 0) is 9.53 Å². The third kappa shape index (κ3) is 5.57. The third-order valence-electron chi connectivity index (χ3n) is 4.72. The lowest BCUT2D eigenvalue weighted by atomic mass is 10.2. The van der Waals surface area contributed by atoms with Gasteiger partial charge in [0.25, 0.3) is 11.6 Å². The van der Waals surface area contributed by atoms with Crippen molar-refractivity contribution in [3.63, 3.8) is 0 Å². The van der Waals surface area contributed by atoms with Crippen molar-refractivity contribution in [1.82, 2.24) is 5.32 Å². The Balaban J connectivity index is 1.69. The quantitative estimate of drug-likeness (QED) is 0.411. The molecule has 0 aromatic heterocycles. The highest BCUT2D eigenvalue weighted by molar-refractivity contribution is 7.99. The van der Waals surface area contributed by atoms with Crippen LogP contribution >= 0.6 is 11.8 Å². The van der Waals surface area contributed by atoms with Gasteiger partial charge >= 0.3 is 5.97 Å². The van der Waals surface area contributed by atoms with E-state index in [1.807, 2.05) is 30.3 Å². The summed E-state index contributed by atoms with van der Waals surface area (Å²) < 4.78 is 5.22. The second-order valence-corrected chi connectivity index (χ2v) is 8.01. The number of hydrogen-bond acceptors (Lipinski definition) is 6. The zero-order valence-corrected chi connectivity index (χ0v) is 16.8. The number of esters is 1. The molecular formula is C21H22N2O5S. The van der Waals surface area contributed by atoms with Gasteiger partial charge in [-0.2, -0.15) is 0 Å². The van der Waals surface area contributed by atoms with Gasteiger partial charge in [0.05, 0.1) is 15.4 Å². The predicted octanol–water partition coefficient (Wildman–Crippen LogP) is 4.35. The Hall–Kier alpha value is -2.87. The van der Waals surface area contributed by atoms with E-state index in [0.29, 0.717) is 4.90 Å². The van der Waals surface area contributed by atoms with Crippen LogP contribution in [0.2, 0.25) is 0 Å². The molecule has 1 amide bonds. The van der Waals surface area contributed by atoms with Crippen LogP contribution in [0.15, 0.2) is 58.3 Å². The number of hydrogen-bond donors (Lipinski definition) is 1. The predicted molar refractivity (Wildman–Crippen MR) is 109 cm³/mol. The van der Waals surface area contributed by atoms with Crippen molar-refractivity contribution in [1.29, 1.82) is 0 Å². The van der Waals surface area contributed by atoms with Crippen molar-refractivity contribution < 1.29 is 19.2 Å². The highest BCUT2D eigenvalue weighted by Gasteiger charge is 2.25. The van der Waals surface area contributed by atoms with E-state index < -0.39 is 17.0 Å². The van der Waals surface area contributed by atoms with E-state index >= 15 is 0 Å². The number of carbonyl (C=O) groups excluding carboxylic acids is 2. The lowest BCUT2D eigenvalue weighted by Crippen LogP contribution is -2.40. The van der Waals surface area contributed by atoms with Crippen molar-refractivity contribution in [2.75, 3.05) is 0 Å². The molecule has 7 nitrogen and oxygen atoms in total. The summed E-state index contributed by atoms with van der Waals surface area (Å²) in [6.45, 7) is 1.50. The Morgan fingerprint density at radius 3 is 2.52 bits per heavy atom. The molecule has 0 heterocycles. The number of nitrogens with one attached hydrogen (secondary N) is 1. The van der Waals surface area contributed by atoms with Crippen LogP contribution in [0.25, 0.3) is 0 Å². The van der Waals surface area contributed by atoms with Gasteiger partial charge in [-0.3, -0.25) is 14.9 Å². The molecular weight excluding hydrogens is 392 g/mol. The zero-order valence-electron chi connectivity index (χ0n) is 16.0. The van der Waals surface area contributed by atoms with Crippen molar-refractivity contribution in [2.45, 2.75) is 54.5 Å². The summed E-state index contributed by atoms with van der Waals surface area (Å²) in [5.74, 6) is -1.12. The number of nitro groups is 1. The Labute approximate surface area is 173 Å². The van der Waals surface area contributed by atoms with Crippen molar-refractivity contribution in [2.24, 2.45) is 0 Å². The highest BCUT2D eigenvalue weighted by atomic mass is 32.2. The maximum Gasteiger partial charge on any atom is 0.339 e. The van der Waals surface area contributed by atoms with Crippen LogP contribution in [0.4, 0.5) is 5.69 Å². The van der Waals surface area contributed by atoms with Crippen LogP contribution in [-0.4, -0.2) is 28.9 Å². The minimum absolute atomic E-state index is 0.0367. The molecule has 0 saturated heterocycles. The fraction of sp³-hybridized carbons (Fsp3) is 0.333. The minimum atomic E-state index is -0.972. The van der Waals surface area contributed by atoms with Gasteiger partial charge in [0, 0.05) is 17.0 Å². The Bertz CT molecular complexity index is 897. The smallest absolute Gasteiger partial charge is 0.339 e. The SMILES string of the molecule is C[C@@H](OC(=O)c1ccc(Sc2ccccc2)c([N+](=O)[O-])c1)C(=O)NC1CCCC1. The van der Waals surface area contributed by atoms with Crippen molar-refractivity contribution in [3.8, 4) is 0 Å². The molecule has 1 fully saturated rings. The van der Waals surface area contributed by atoms with E-state index in [9.17, 15) is 19.7 Å². The number of amides is 1. The normalized spacial score (nSPS) is 14.9. The van der Waals surface area contributed by atoms with E-state index in [0.717, 1.165) is 30.6 Å². The fourth-order valence-electron chi connectivity index (χ4n) is 3.16. The maximum absolute atomic E-state index is 12.4. The summed E-state index contributed by atoms with van der Waals surface area (Å²) in [6.07, 6.45) is 3.05. The van der Waals surface area contributed by atoms with E-state index in [-0.39, 0.29) is 23.2 Å². The molecule has 1 N–H and O–H groups in total. The standard InChI is InChI=1S/C21H22N2O5S/c1-14(20(24)22-16-7-5-6-8-16)28-21(25)15-11-12-19(18(13-15)23(26)27)29-17-9-3-2-4-10-17/h2-4,9-14,16H,5-8H2,1H3,(H,22,24)/t14-/m1/s1. The number of ether oxygens (including phenoxy) is 1. The maximum atomic E-state index is 12.4. The van der Waals surface area contributed by atoms with Crippen LogP contribution in [0, 0.1) is 10.1 Å². The van der Waals surface area contributed by atoms with Gasteiger partial charge in [0.1, 0.15) is 0 Å². The Morgan fingerprint density at radius 1 is 1.17 bits per heavy atom. The molecule has 2 aromatic rings. The van der Waals surface area contributed by atoms with Gasteiger partial charge < -0.3 is 10.1 Å². The lowest BCUT2D eigenvalue weighted by molar-refractivity contribution is -0.387. The van der Waals surface area contributed by atoms with Gasteiger partial charge in [-0.1, -0.05) is 42.8 Å². The first-order valence-electron chi connectivity index (χ1n) is 9.46. The monoisotopic (exact) mass is 414 g/mol. The van der Waals surface area contributed by atoms with Crippen LogP contribution in [0.5, 0.6) is 0 Å². The van der Waals surface area contributed by atoms with Gasteiger partial charge in [0.2, 0.25) is 0 Å². The summed E-state index contributed by atoms with van der Waals surface area (Å²) in [5.41, 5.74) is -0.147. The molecule has 2 aromatic carbocycles. The lowest BCUT2D eigenvalue weighted by Gasteiger charge is -2.17. The topological polar surface area (TPSA) is 98.5 Å². The molecule has 1 atom stereocenters. The van der Waals surface area contributed by atoms with Crippen LogP contribution in [0.3, 0.4) is 0 Å². The molecule has 1 aliphatic carbocycles. The Morgan fingerprint density at radius 2 is 1.86 bits per heavy atom. The molecule has 3 rings (SSSR count). The summed E-state index contributed by atoms with van der Waals surface area (Å²) in [6, 6.07) is 13.6. The first kappa shape index (κ1) is 20.9. The molecule has 0 aliphatic heterocycles. The summed E-state index contributed by atoms with van der Waals surface area (Å²) in [5, 5.41) is 14.4. The molecule has 0 radical (unpaired) electrons.